The predicted molar refractivity (Wildman–Crippen MR) is 164 cm³/mol. The molecule has 3 aromatic rings. The van der Waals surface area contributed by atoms with Gasteiger partial charge in [0.05, 0.1) is 22.6 Å². The van der Waals surface area contributed by atoms with Crippen molar-refractivity contribution in [2.75, 3.05) is 18.0 Å². The second-order valence-corrected chi connectivity index (χ2v) is 12.4. The summed E-state index contributed by atoms with van der Waals surface area (Å²) in [6.07, 6.45) is 0.287. The number of aryl methyl sites for hydroxylation is 2. The van der Waals surface area contributed by atoms with Gasteiger partial charge in [0, 0.05) is 24.2 Å². The molecule has 0 aromatic heterocycles. The Hall–Kier alpha value is -4.45. The van der Waals surface area contributed by atoms with Crippen LogP contribution in [0.25, 0.3) is 0 Å². The number of nitrogens with zero attached hydrogens (tertiary/aromatic N) is 3. The summed E-state index contributed by atoms with van der Waals surface area (Å²) in [7, 11) is -3.02. The molecule has 12 heteroatoms. The van der Waals surface area contributed by atoms with E-state index in [1.165, 1.54) is 43.2 Å². The van der Waals surface area contributed by atoms with E-state index >= 15 is 0 Å². The first-order chi connectivity index (χ1) is 20.3. The number of benzene rings is 3. The number of anilines is 1. The number of rotatable bonds is 13. The Balaban J connectivity index is 2.13. The van der Waals surface area contributed by atoms with Crippen molar-refractivity contribution in [1.29, 1.82) is 0 Å². The predicted octanol–water partition coefficient (Wildman–Crippen LogP) is 4.75. The Kier molecular flexibility index (Phi) is 10.9. The van der Waals surface area contributed by atoms with Gasteiger partial charge in [0.25, 0.3) is 15.7 Å². The van der Waals surface area contributed by atoms with Crippen LogP contribution < -0.4 is 14.4 Å². The van der Waals surface area contributed by atoms with Gasteiger partial charge in [0.1, 0.15) is 18.3 Å². The molecule has 0 aliphatic carbocycles. The van der Waals surface area contributed by atoms with E-state index in [2.05, 4.69) is 5.32 Å². The van der Waals surface area contributed by atoms with Crippen molar-refractivity contribution >= 4 is 33.2 Å². The summed E-state index contributed by atoms with van der Waals surface area (Å²) in [5.41, 5.74) is 1.82. The molecule has 2 amide bonds. The fraction of sp³-hybridized carbons (Fsp3) is 0.355. The van der Waals surface area contributed by atoms with E-state index < -0.39 is 33.4 Å². The van der Waals surface area contributed by atoms with Gasteiger partial charge in [-0.25, -0.2) is 8.42 Å². The van der Waals surface area contributed by atoms with E-state index in [1.807, 2.05) is 45.0 Å². The van der Waals surface area contributed by atoms with E-state index in [9.17, 15) is 28.1 Å². The number of carbonyl (C=O) groups is 2. The lowest BCUT2D eigenvalue weighted by Gasteiger charge is -2.33. The number of carbonyl (C=O) groups excluding carboxylic acids is 2. The van der Waals surface area contributed by atoms with Gasteiger partial charge in [-0.1, -0.05) is 42.8 Å². The highest BCUT2D eigenvalue weighted by Crippen LogP contribution is 2.29. The highest BCUT2D eigenvalue weighted by Gasteiger charge is 2.34. The molecule has 0 aliphatic rings. The number of amides is 2. The van der Waals surface area contributed by atoms with Gasteiger partial charge in [-0.15, -0.1) is 0 Å². The Morgan fingerprint density at radius 1 is 1.02 bits per heavy atom. The molecule has 0 saturated heterocycles. The normalized spacial score (nSPS) is 12.0. The van der Waals surface area contributed by atoms with E-state index in [4.69, 9.17) is 4.74 Å². The number of nitro groups is 1. The number of nitro benzene ring substituents is 1. The maximum Gasteiger partial charge on any atom is 0.273 e. The van der Waals surface area contributed by atoms with Gasteiger partial charge in [-0.2, -0.15) is 0 Å². The Morgan fingerprint density at radius 2 is 1.70 bits per heavy atom. The molecule has 1 N–H and O–H groups in total. The highest BCUT2D eigenvalue weighted by atomic mass is 32.2. The molecule has 1 atom stereocenters. The second kappa shape index (κ2) is 14.1. The average Bonchev–Trinajstić information content (AvgIpc) is 2.95. The lowest BCUT2D eigenvalue weighted by molar-refractivity contribution is -0.385. The minimum Gasteiger partial charge on any atom is -0.497 e. The molecule has 0 bridgehead atoms. The third kappa shape index (κ3) is 8.10. The topological polar surface area (TPSA) is 139 Å². The number of hydrogen-bond donors (Lipinski definition) is 1. The van der Waals surface area contributed by atoms with Gasteiger partial charge in [0.15, 0.2) is 0 Å². The molecule has 11 nitrogen and oxygen atoms in total. The average molecular weight is 611 g/mol. The number of ether oxygens (including phenoxy) is 1. The van der Waals surface area contributed by atoms with Crippen LogP contribution in [0.4, 0.5) is 11.4 Å². The summed E-state index contributed by atoms with van der Waals surface area (Å²) < 4.78 is 34.3. The molecule has 3 aromatic carbocycles. The van der Waals surface area contributed by atoms with E-state index in [-0.39, 0.29) is 41.2 Å². The number of nitrogens with one attached hydrogen (secondary N) is 1. The molecule has 0 radical (unpaired) electrons. The third-order valence-electron chi connectivity index (χ3n) is 6.86. The third-order valence-corrected chi connectivity index (χ3v) is 8.63. The lowest BCUT2D eigenvalue weighted by atomic mass is 10.1. The molecule has 0 unspecified atom stereocenters. The molecule has 43 heavy (non-hydrogen) atoms. The number of sulfonamides is 1. The molecule has 0 heterocycles. The van der Waals surface area contributed by atoms with Gasteiger partial charge in [0.2, 0.25) is 11.8 Å². The van der Waals surface area contributed by atoms with Crippen LogP contribution >= 0.6 is 0 Å². The fourth-order valence-corrected chi connectivity index (χ4v) is 6.09. The molecule has 0 fully saturated rings. The summed E-state index contributed by atoms with van der Waals surface area (Å²) >= 11 is 0. The van der Waals surface area contributed by atoms with Crippen LogP contribution in [0.2, 0.25) is 0 Å². The van der Waals surface area contributed by atoms with Crippen molar-refractivity contribution in [2.45, 2.75) is 64.6 Å². The van der Waals surface area contributed by atoms with Gasteiger partial charge < -0.3 is 15.0 Å². The number of hydrogen-bond acceptors (Lipinski definition) is 7. The lowest BCUT2D eigenvalue weighted by Crippen LogP contribution is -2.53. The zero-order valence-electron chi connectivity index (χ0n) is 25.2. The van der Waals surface area contributed by atoms with Crippen molar-refractivity contribution in [3.8, 4) is 5.75 Å². The van der Waals surface area contributed by atoms with Crippen molar-refractivity contribution < 1.29 is 27.7 Å². The van der Waals surface area contributed by atoms with E-state index in [1.54, 1.807) is 19.1 Å². The molecular weight excluding hydrogens is 572 g/mol. The first-order valence-electron chi connectivity index (χ1n) is 13.9. The van der Waals surface area contributed by atoms with Crippen LogP contribution in [0.1, 0.15) is 43.9 Å². The zero-order chi connectivity index (χ0) is 31.9. The largest absolute Gasteiger partial charge is 0.497 e. The van der Waals surface area contributed by atoms with Crippen LogP contribution in [0, 0.1) is 24.0 Å². The molecular formula is C31H38N4O7S. The SMILES string of the molecule is CC[C@H](C(=O)NC(C)C)N(Cc1cccc(C)c1)C(=O)CN(c1ccc(OC)cc1)S(=O)(=O)c1ccc(C)c([N+](=O)[O-])c1. The zero-order valence-corrected chi connectivity index (χ0v) is 26.1. The monoisotopic (exact) mass is 610 g/mol. The van der Waals surface area contributed by atoms with Gasteiger partial charge in [-0.3, -0.25) is 24.0 Å². The maximum absolute atomic E-state index is 14.1. The standard InChI is InChI=1S/C31H38N4O7S/c1-7-28(31(37)32-21(2)3)33(19-24-10-8-9-22(4)17-24)30(36)20-34(25-12-14-26(42-6)15-13-25)43(40,41)27-16-11-23(5)29(18-27)35(38)39/h8-18,21,28H,7,19-20H2,1-6H3,(H,32,37)/t28-/m1/s1. The Labute approximate surface area is 252 Å². The summed E-state index contributed by atoms with van der Waals surface area (Å²) in [5, 5.41) is 14.5. The van der Waals surface area contributed by atoms with Crippen LogP contribution in [-0.4, -0.2) is 55.8 Å². The van der Waals surface area contributed by atoms with Crippen molar-refractivity contribution in [2.24, 2.45) is 0 Å². The summed E-state index contributed by atoms with van der Waals surface area (Å²) in [4.78, 5) is 39.4. The van der Waals surface area contributed by atoms with E-state index in [0.29, 0.717) is 11.3 Å². The smallest absolute Gasteiger partial charge is 0.273 e. The maximum atomic E-state index is 14.1. The Morgan fingerprint density at radius 3 is 2.26 bits per heavy atom. The molecule has 0 saturated carbocycles. The van der Waals surface area contributed by atoms with Crippen LogP contribution in [0.15, 0.2) is 71.6 Å². The highest BCUT2D eigenvalue weighted by molar-refractivity contribution is 7.92. The van der Waals surface area contributed by atoms with Crippen LogP contribution in [-0.2, 0) is 26.2 Å². The minimum atomic E-state index is -4.49. The first kappa shape index (κ1) is 33.1. The Bertz CT molecular complexity index is 1570. The fourth-order valence-electron chi connectivity index (χ4n) is 4.66. The van der Waals surface area contributed by atoms with Gasteiger partial charge in [-0.05, 0) is 70.0 Å². The van der Waals surface area contributed by atoms with E-state index in [0.717, 1.165) is 21.5 Å². The summed E-state index contributed by atoms with van der Waals surface area (Å²) in [6.45, 7) is 8.24. The first-order valence-corrected chi connectivity index (χ1v) is 15.3. The molecule has 0 spiro atoms. The van der Waals surface area contributed by atoms with Crippen molar-refractivity contribution in [1.82, 2.24) is 10.2 Å². The van der Waals surface area contributed by atoms with Crippen LogP contribution in [0.3, 0.4) is 0 Å². The van der Waals surface area contributed by atoms with Gasteiger partial charge >= 0.3 is 0 Å². The van der Waals surface area contributed by atoms with Crippen molar-refractivity contribution in [3.63, 3.8) is 0 Å². The second-order valence-electron chi connectivity index (χ2n) is 10.5. The molecule has 3 rings (SSSR count). The van der Waals surface area contributed by atoms with Crippen LogP contribution in [0.5, 0.6) is 5.75 Å². The number of methoxy groups -OCH3 is 1. The van der Waals surface area contributed by atoms with Crippen molar-refractivity contribution in [3.05, 3.63) is 93.5 Å². The summed E-state index contributed by atoms with van der Waals surface area (Å²) in [6, 6.07) is 16.1. The molecule has 0 aliphatic heterocycles. The quantitative estimate of drug-likeness (QED) is 0.218. The minimum absolute atomic E-state index is 0.0665. The molecule has 230 valence electrons. The summed E-state index contributed by atoms with van der Waals surface area (Å²) in [5.74, 6) is -0.504.